The molecule has 17 heavy (non-hydrogen) atoms. The van der Waals surface area contributed by atoms with E-state index in [0.29, 0.717) is 0 Å². The summed E-state index contributed by atoms with van der Waals surface area (Å²) >= 11 is 3.36. The average Bonchev–Trinajstić information content (AvgIpc) is 2.33. The Morgan fingerprint density at radius 1 is 1.00 bits per heavy atom. The van der Waals surface area contributed by atoms with Gasteiger partial charge >= 0.3 is 0 Å². The van der Waals surface area contributed by atoms with Crippen molar-refractivity contribution in [1.82, 2.24) is 0 Å². The fraction of sp³-hybridized carbons (Fsp3) is 0.0769. The first kappa shape index (κ1) is 12.3. The van der Waals surface area contributed by atoms with E-state index in [0.717, 1.165) is 15.1 Å². The zero-order valence-electron chi connectivity index (χ0n) is 9.34. The van der Waals surface area contributed by atoms with Crippen molar-refractivity contribution in [2.45, 2.75) is 4.90 Å². The summed E-state index contributed by atoms with van der Waals surface area (Å²) in [5.74, 6) is 0. The third-order valence-corrected chi connectivity index (χ3v) is 4.52. The van der Waals surface area contributed by atoms with Gasteiger partial charge in [0.2, 0.25) is 0 Å². The zero-order valence-corrected chi connectivity index (χ0v) is 11.7. The van der Waals surface area contributed by atoms with Crippen LogP contribution < -0.4 is 0 Å². The monoisotopic (exact) mass is 309 g/mol. The highest BCUT2D eigenvalue weighted by molar-refractivity contribution is 9.10. The molecule has 0 aliphatic carbocycles. The molecular formula is C13H12BrNOS. The molecule has 0 fully saturated rings. The summed E-state index contributed by atoms with van der Waals surface area (Å²) in [6.07, 6.45) is 1.66. The van der Waals surface area contributed by atoms with Crippen LogP contribution in [-0.4, -0.2) is 10.5 Å². The van der Waals surface area contributed by atoms with Crippen LogP contribution in [0.3, 0.4) is 0 Å². The van der Waals surface area contributed by atoms with Crippen LogP contribution in [0.5, 0.6) is 0 Å². The lowest BCUT2D eigenvalue weighted by Crippen LogP contribution is -1.95. The second kappa shape index (κ2) is 5.02. The van der Waals surface area contributed by atoms with Gasteiger partial charge in [0.15, 0.2) is 0 Å². The van der Waals surface area contributed by atoms with Crippen molar-refractivity contribution in [2.75, 3.05) is 6.26 Å². The summed E-state index contributed by atoms with van der Waals surface area (Å²) in [6, 6.07) is 16.8. The van der Waals surface area contributed by atoms with Gasteiger partial charge in [-0.1, -0.05) is 34.1 Å². The lowest BCUT2D eigenvalue weighted by molar-refractivity contribution is 0.681. The number of halogens is 1. The molecule has 0 bridgehead atoms. The molecule has 2 aromatic carbocycles. The van der Waals surface area contributed by atoms with Crippen molar-refractivity contribution in [3.63, 3.8) is 0 Å². The number of nitrogens with zero attached hydrogens (tertiary/aromatic N) is 1. The molecule has 4 heteroatoms. The minimum absolute atomic E-state index is 0.726. The molecule has 0 amide bonds. The molecule has 0 saturated carbocycles. The highest BCUT2D eigenvalue weighted by atomic mass is 79.9. The average molecular weight is 310 g/mol. The minimum atomic E-state index is -2.37. The Morgan fingerprint density at radius 3 is 2.18 bits per heavy atom. The zero-order chi connectivity index (χ0) is 12.3. The van der Waals surface area contributed by atoms with Crippen LogP contribution in [0.1, 0.15) is 0 Å². The molecule has 2 aromatic rings. The molecule has 0 spiro atoms. The topological polar surface area (TPSA) is 29.4 Å². The van der Waals surface area contributed by atoms with Crippen molar-refractivity contribution in [3.8, 4) is 0 Å². The van der Waals surface area contributed by atoms with Crippen LogP contribution in [0.15, 0.2) is 68.3 Å². The molecule has 0 unspecified atom stereocenters. The maximum absolute atomic E-state index is 12.5. The Balaban J connectivity index is 2.46. The number of hydrogen-bond donors (Lipinski definition) is 0. The number of benzene rings is 2. The fourth-order valence-corrected chi connectivity index (χ4v) is 2.98. The van der Waals surface area contributed by atoms with Crippen LogP contribution in [0.2, 0.25) is 0 Å². The Labute approximate surface area is 110 Å². The van der Waals surface area contributed by atoms with Gasteiger partial charge in [-0.15, -0.1) is 0 Å². The van der Waals surface area contributed by atoms with Gasteiger partial charge in [0.25, 0.3) is 0 Å². The molecule has 0 saturated heterocycles. The smallest absolute Gasteiger partial charge is 0.0771 e. The van der Waals surface area contributed by atoms with E-state index in [1.54, 1.807) is 6.26 Å². The van der Waals surface area contributed by atoms with Crippen molar-refractivity contribution in [1.29, 1.82) is 0 Å². The van der Waals surface area contributed by atoms with E-state index in [4.69, 9.17) is 0 Å². The SMILES string of the molecule is C[S@](=O)(=Nc1ccc(Br)cc1)c1ccccc1. The second-order valence-electron chi connectivity index (χ2n) is 3.68. The molecule has 0 heterocycles. The van der Waals surface area contributed by atoms with Gasteiger partial charge in [-0.2, -0.15) is 4.36 Å². The summed E-state index contributed by atoms with van der Waals surface area (Å²) < 4.78 is 17.8. The Bertz CT molecular complexity index is 614. The fourth-order valence-electron chi connectivity index (χ4n) is 1.43. The summed E-state index contributed by atoms with van der Waals surface area (Å²) in [7, 11) is -2.37. The van der Waals surface area contributed by atoms with Gasteiger partial charge in [-0.3, -0.25) is 0 Å². The van der Waals surface area contributed by atoms with E-state index in [-0.39, 0.29) is 0 Å². The first-order valence-electron chi connectivity index (χ1n) is 5.11. The standard InChI is InChI=1S/C13H12BrNOS/c1-17(16,13-5-3-2-4-6-13)15-12-9-7-11(14)8-10-12/h2-10H,1H3/t17-/m1/s1. The molecular weight excluding hydrogens is 298 g/mol. The second-order valence-corrected chi connectivity index (χ2v) is 6.86. The van der Waals surface area contributed by atoms with Gasteiger partial charge in [-0.05, 0) is 36.4 Å². The molecule has 1 atom stereocenters. The Morgan fingerprint density at radius 2 is 1.59 bits per heavy atom. The van der Waals surface area contributed by atoms with E-state index in [1.807, 2.05) is 54.6 Å². The molecule has 0 aromatic heterocycles. The van der Waals surface area contributed by atoms with Crippen molar-refractivity contribution in [3.05, 3.63) is 59.1 Å². The minimum Gasteiger partial charge on any atom is -0.245 e. The van der Waals surface area contributed by atoms with Crippen LogP contribution in [0, 0.1) is 0 Å². The van der Waals surface area contributed by atoms with Crippen LogP contribution in [0.25, 0.3) is 0 Å². The van der Waals surface area contributed by atoms with Crippen molar-refractivity contribution < 1.29 is 4.21 Å². The predicted molar refractivity (Wildman–Crippen MR) is 75.0 cm³/mol. The summed E-state index contributed by atoms with van der Waals surface area (Å²) in [4.78, 5) is 0.753. The largest absolute Gasteiger partial charge is 0.245 e. The highest BCUT2D eigenvalue weighted by Gasteiger charge is 2.04. The maximum Gasteiger partial charge on any atom is 0.0771 e. The number of hydrogen-bond acceptors (Lipinski definition) is 2. The van der Waals surface area contributed by atoms with Crippen molar-refractivity contribution in [2.24, 2.45) is 4.36 Å². The van der Waals surface area contributed by atoms with E-state index in [1.165, 1.54) is 0 Å². The van der Waals surface area contributed by atoms with Crippen molar-refractivity contribution >= 4 is 31.3 Å². The maximum atomic E-state index is 12.5. The van der Waals surface area contributed by atoms with Gasteiger partial charge < -0.3 is 0 Å². The lowest BCUT2D eigenvalue weighted by atomic mass is 10.3. The lowest BCUT2D eigenvalue weighted by Gasteiger charge is -2.04. The first-order valence-corrected chi connectivity index (χ1v) is 7.82. The summed E-state index contributed by atoms with van der Waals surface area (Å²) in [5.41, 5.74) is 0.726. The van der Waals surface area contributed by atoms with Crippen LogP contribution >= 0.6 is 15.9 Å². The molecule has 0 aliphatic heterocycles. The van der Waals surface area contributed by atoms with Gasteiger partial charge in [-0.25, -0.2) is 4.21 Å². The third-order valence-electron chi connectivity index (χ3n) is 2.29. The molecule has 2 rings (SSSR count). The van der Waals surface area contributed by atoms with E-state index in [9.17, 15) is 4.21 Å². The van der Waals surface area contributed by atoms with E-state index >= 15 is 0 Å². The van der Waals surface area contributed by atoms with Gasteiger partial charge in [0, 0.05) is 15.6 Å². The predicted octanol–water partition coefficient (Wildman–Crippen LogP) is 4.24. The normalized spacial score (nSPS) is 14.0. The van der Waals surface area contributed by atoms with Crippen LogP contribution in [-0.2, 0) is 9.73 Å². The molecule has 88 valence electrons. The molecule has 2 nitrogen and oxygen atoms in total. The van der Waals surface area contributed by atoms with Gasteiger partial charge in [0.05, 0.1) is 15.4 Å². The van der Waals surface area contributed by atoms with E-state index in [2.05, 4.69) is 20.3 Å². The summed E-state index contributed by atoms with van der Waals surface area (Å²) in [6.45, 7) is 0. The quantitative estimate of drug-likeness (QED) is 0.816. The van der Waals surface area contributed by atoms with Crippen LogP contribution in [0.4, 0.5) is 5.69 Å². The third kappa shape index (κ3) is 3.17. The first-order chi connectivity index (χ1) is 8.08. The van der Waals surface area contributed by atoms with Gasteiger partial charge in [0.1, 0.15) is 0 Å². The highest BCUT2D eigenvalue weighted by Crippen LogP contribution is 2.21. The molecule has 0 radical (unpaired) electrons. The molecule has 0 aliphatic rings. The number of rotatable bonds is 2. The Kier molecular flexibility index (Phi) is 3.64. The Hall–Kier alpha value is -1.13. The van der Waals surface area contributed by atoms with E-state index < -0.39 is 9.73 Å². The summed E-state index contributed by atoms with van der Waals surface area (Å²) in [5, 5.41) is 0. The molecule has 0 N–H and O–H groups in total.